The minimum absolute atomic E-state index is 0.274. The molecule has 0 saturated carbocycles. The standard InChI is InChI=1S/C16H20ClNOS/c1-3-9-18-15(16-14(17)8-10-20-16)11-12-4-6-13(19-2)7-5-12/h4-8,10,15,18H,3,9,11H2,1-2H3. The second-order valence-corrected chi connectivity index (χ2v) is 6.05. The van der Waals surface area contributed by atoms with Crippen molar-refractivity contribution < 1.29 is 4.74 Å². The lowest BCUT2D eigenvalue weighted by Gasteiger charge is -2.18. The highest BCUT2D eigenvalue weighted by atomic mass is 35.5. The third-order valence-corrected chi connectivity index (χ3v) is 4.67. The zero-order chi connectivity index (χ0) is 14.4. The summed E-state index contributed by atoms with van der Waals surface area (Å²) in [6.45, 7) is 3.17. The minimum Gasteiger partial charge on any atom is -0.497 e. The second-order valence-electron chi connectivity index (χ2n) is 4.69. The first-order valence-electron chi connectivity index (χ1n) is 6.83. The SMILES string of the molecule is CCCNC(Cc1ccc(OC)cc1)c1sccc1Cl. The van der Waals surface area contributed by atoms with Crippen molar-refractivity contribution in [1.29, 1.82) is 0 Å². The lowest BCUT2D eigenvalue weighted by atomic mass is 10.0. The molecule has 0 aliphatic heterocycles. The Morgan fingerprint density at radius 3 is 2.55 bits per heavy atom. The summed E-state index contributed by atoms with van der Waals surface area (Å²) >= 11 is 7.99. The minimum atomic E-state index is 0.274. The zero-order valence-corrected chi connectivity index (χ0v) is 13.4. The number of hydrogen-bond acceptors (Lipinski definition) is 3. The molecule has 1 aromatic carbocycles. The van der Waals surface area contributed by atoms with Gasteiger partial charge in [-0.2, -0.15) is 0 Å². The Labute approximate surface area is 129 Å². The first kappa shape index (κ1) is 15.4. The van der Waals surface area contributed by atoms with Crippen LogP contribution in [-0.2, 0) is 6.42 Å². The van der Waals surface area contributed by atoms with E-state index in [4.69, 9.17) is 16.3 Å². The van der Waals surface area contributed by atoms with E-state index >= 15 is 0 Å². The van der Waals surface area contributed by atoms with E-state index in [0.29, 0.717) is 0 Å². The predicted octanol–water partition coefficient (Wildman–Crippen LogP) is 4.69. The highest BCUT2D eigenvalue weighted by Crippen LogP contribution is 2.31. The van der Waals surface area contributed by atoms with Gasteiger partial charge in [0, 0.05) is 10.9 Å². The van der Waals surface area contributed by atoms with E-state index in [-0.39, 0.29) is 6.04 Å². The van der Waals surface area contributed by atoms with Crippen molar-refractivity contribution in [2.24, 2.45) is 0 Å². The molecule has 0 amide bonds. The smallest absolute Gasteiger partial charge is 0.118 e. The molecule has 1 aromatic heterocycles. The first-order chi connectivity index (χ1) is 9.74. The topological polar surface area (TPSA) is 21.3 Å². The van der Waals surface area contributed by atoms with Gasteiger partial charge in [-0.15, -0.1) is 11.3 Å². The van der Waals surface area contributed by atoms with E-state index in [9.17, 15) is 0 Å². The number of rotatable bonds is 7. The molecule has 1 N–H and O–H groups in total. The van der Waals surface area contributed by atoms with E-state index in [1.54, 1.807) is 18.4 Å². The summed E-state index contributed by atoms with van der Waals surface area (Å²) < 4.78 is 5.20. The van der Waals surface area contributed by atoms with Crippen molar-refractivity contribution in [3.8, 4) is 5.75 Å². The molecule has 2 aromatic rings. The van der Waals surface area contributed by atoms with Gasteiger partial charge in [-0.1, -0.05) is 30.7 Å². The van der Waals surface area contributed by atoms with E-state index in [1.165, 1.54) is 10.4 Å². The van der Waals surface area contributed by atoms with E-state index in [2.05, 4.69) is 24.4 Å². The number of halogens is 1. The fourth-order valence-electron chi connectivity index (χ4n) is 2.13. The highest BCUT2D eigenvalue weighted by molar-refractivity contribution is 7.10. The van der Waals surface area contributed by atoms with Gasteiger partial charge in [-0.25, -0.2) is 0 Å². The molecule has 0 radical (unpaired) electrons. The lowest BCUT2D eigenvalue weighted by Crippen LogP contribution is -2.23. The molecular weight excluding hydrogens is 290 g/mol. The summed E-state index contributed by atoms with van der Waals surface area (Å²) in [6, 6.07) is 10.5. The Morgan fingerprint density at radius 1 is 1.25 bits per heavy atom. The molecule has 2 nitrogen and oxygen atoms in total. The Hall–Kier alpha value is -1.03. The van der Waals surface area contributed by atoms with Crippen LogP contribution in [0.4, 0.5) is 0 Å². The van der Waals surface area contributed by atoms with E-state index in [1.807, 2.05) is 23.6 Å². The number of ether oxygens (including phenoxy) is 1. The van der Waals surface area contributed by atoms with Crippen molar-refractivity contribution in [2.45, 2.75) is 25.8 Å². The summed E-state index contributed by atoms with van der Waals surface area (Å²) in [5.41, 5.74) is 1.28. The molecular formula is C16H20ClNOS. The summed E-state index contributed by atoms with van der Waals surface area (Å²) in [5, 5.41) is 6.49. The van der Waals surface area contributed by atoms with Gasteiger partial charge in [0.05, 0.1) is 12.1 Å². The molecule has 1 atom stereocenters. The van der Waals surface area contributed by atoms with Crippen molar-refractivity contribution >= 4 is 22.9 Å². The van der Waals surface area contributed by atoms with Crippen LogP contribution in [0.25, 0.3) is 0 Å². The summed E-state index contributed by atoms with van der Waals surface area (Å²) in [6.07, 6.45) is 2.05. The van der Waals surface area contributed by atoms with Crippen molar-refractivity contribution in [1.82, 2.24) is 5.32 Å². The third-order valence-electron chi connectivity index (χ3n) is 3.20. The first-order valence-corrected chi connectivity index (χ1v) is 8.09. The Kier molecular flexibility index (Phi) is 5.89. The molecule has 0 bridgehead atoms. The molecule has 1 heterocycles. The number of hydrogen-bond donors (Lipinski definition) is 1. The van der Waals surface area contributed by atoms with Gasteiger partial charge >= 0.3 is 0 Å². The van der Waals surface area contributed by atoms with E-state index in [0.717, 1.165) is 30.2 Å². The number of methoxy groups -OCH3 is 1. The Balaban J connectivity index is 2.12. The quantitative estimate of drug-likeness (QED) is 0.801. The van der Waals surface area contributed by atoms with Crippen LogP contribution in [0.2, 0.25) is 5.02 Å². The van der Waals surface area contributed by atoms with Gasteiger partial charge in [0.25, 0.3) is 0 Å². The summed E-state index contributed by atoms with van der Waals surface area (Å²) in [4.78, 5) is 1.22. The van der Waals surface area contributed by atoms with Gasteiger partial charge in [0.2, 0.25) is 0 Å². The van der Waals surface area contributed by atoms with Gasteiger partial charge in [0.1, 0.15) is 5.75 Å². The maximum absolute atomic E-state index is 6.28. The van der Waals surface area contributed by atoms with Crippen molar-refractivity contribution in [3.05, 3.63) is 51.2 Å². The zero-order valence-electron chi connectivity index (χ0n) is 11.9. The monoisotopic (exact) mass is 309 g/mol. The molecule has 108 valence electrons. The number of nitrogens with one attached hydrogen (secondary N) is 1. The van der Waals surface area contributed by atoms with Crippen LogP contribution in [0, 0.1) is 0 Å². The Bertz CT molecular complexity index is 524. The van der Waals surface area contributed by atoms with Crippen LogP contribution in [0.1, 0.15) is 29.8 Å². The molecule has 0 aliphatic rings. The highest BCUT2D eigenvalue weighted by Gasteiger charge is 2.16. The van der Waals surface area contributed by atoms with E-state index < -0.39 is 0 Å². The average molecular weight is 310 g/mol. The van der Waals surface area contributed by atoms with Crippen LogP contribution in [-0.4, -0.2) is 13.7 Å². The normalized spacial score (nSPS) is 12.3. The van der Waals surface area contributed by atoms with Crippen molar-refractivity contribution in [2.75, 3.05) is 13.7 Å². The van der Waals surface area contributed by atoms with Crippen LogP contribution < -0.4 is 10.1 Å². The van der Waals surface area contributed by atoms with Crippen LogP contribution in [0.5, 0.6) is 5.75 Å². The summed E-state index contributed by atoms with van der Waals surface area (Å²) in [5.74, 6) is 0.890. The second kappa shape index (κ2) is 7.67. The average Bonchev–Trinajstić information content (AvgIpc) is 2.90. The molecule has 0 fully saturated rings. The van der Waals surface area contributed by atoms with Gasteiger partial charge in [-0.3, -0.25) is 0 Å². The lowest BCUT2D eigenvalue weighted by molar-refractivity contribution is 0.414. The predicted molar refractivity (Wildman–Crippen MR) is 87.1 cm³/mol. The molecule has 0 saturated heterocycles. The molecule has 0 aliphatic carbocycles. The molecule has 20 heavy (non-hydrogen) atoms. The number of benzene rings is 1. The Morgan fingerprint density at radius 2 is 2.00 bits per heavy atom. The van der Waals surface area contributed by atoms with Gasteiger partial charge in [0.15, 0.2) is 0 Å². The fourth-order valence-corrected chi connectivity index (χ4v) is 3.39. The third kappa shape index (κ3) is 3.98. The van der Waals surface area contributed by atoms with Crippen molar-refractivity contribution in [3.63, 3.8) is 0 Å². The molecule has 0 spiro atoms. The molecule has 4 heteroatoms. The van der Waals surface area contributed by atoms with Gasteiger partial charge < -0.3 is 10.1 Å². The van der Waals surface area contributed by atoms with Crippen LogP contribution >= 0.6 is 22.9 Å². The number of thiophene rings is 1. The molecule has 1 unspecified atom stereocenters. The maximum Gasteiger partial charge on any atom is 0.118 e. The molecule has 2 rings (SSSR count). The fraction of sp³-hybridized carbons (Fsp3) is 0.375. The maximum atomic E-state index is 6.28. The largest absolute Gasteiger partial charge is 0.497 e. The van der Waals surface area contributed by atoms with Crippen LogP contribution in [0.15, 0.2) is 35.7 Å². The van der Waals surface area contributed by atoms with Gasteiger partial charge in [-0.05, 0) is 48.5 Å². The van der Waals surface area contributed by atoms with Crippen LogP contribution in [0.3, 0.4) is 0 Å². The summed E-state index contributed by atoms with van der Waals surface area (Å²) in [7, 11) is 1.69.